The second-order valence-electron chi connectivity index (χ2n) is 3.44. The third-order valence-electron chi connectivity index (χ3n) is 2.41. The zero-order valence-corrected chi connectivity index (χ0v) is 7.93. The molecule has 1 aliphatic heterocycles. The van der Waals surface area contributed by atoms with Crippen molar-refractivity contribution >= 4 is 11.6 Å². The van der Waals surface area contributed by atoms with Crippen molar-refractivity contribution in [3.8, 4) is 0 Å². The molecule has 3 heterocycles. The Morgan fingerprint density at radius 3 is 3.13 bits per heavy atom. The first-order chi connectivity index (χ1) is 7.16. The number of aromatic nitrogens is 3. The van der Waals surface area contributed by atoms with Gasteiger partial charge in [0.25, 0.3) is 5.91 Å². The van der Waals surface area contributed by atoms with Crippen molar-refractivity contribution in [2.45, 2.75) is 13.2 Å². The minimum absolute atomic E-state index is 0.285. The van der Waals surface area contributed by atoms with Crippen LogP contribution in [0.3, 0.4) is 0 Å². The number of aliphatic hydroxyl groups excluding tert-OH is 1. The summed E-state index contributed by atoms with van der Waals surface area (Å²) in [5.74, 6) is 0.322. The fraction of sp³-hybridized carbons (Fsp3) is 0.222. The van der Waals surface area contributed by atoms with Gasteiger partial charge in [-0.25, -0.2) is 9.50 Å². The molecule has 2 N–H and O–H groups in total. The fourth-order valence-corrected chi connectivity index (χ4v) is 1.80. The van der Waals surface area contributed by atoms with Crippen molar-refractivity contribution < 1.29 is 9.90 Å². The highest BCUT2D eigenvalue weighted by atomic mass is 16.3. The lowest BCUT2D eigenvalue weighted by molar-refractivity contribution is 0.0844. The van der Waals surface area contributed by atoms with E-state index in [-0.39, 0.29) is 5.91 Å². The molecule has 2 aromatic heterocycles. The quantitative estimate of drug-likeness (QED) is 0.621. The smallest absolute Gasteiger partial charge is 0.255 e. The number of nitrogens with one attached hydrogen (secondary N) is 1. The van der Waals surface area contributed by atoms with Gasteiger partial charge in [0.05, 0.1) is 5.56 Å². The van der Waals surface area contributed by atoms with E-state index in [1.54, 1.807) is 19.1 Å². The summed E-state index contributed by atoms with van der Waals surface area (Å²) < 4.78 is 1.49. The standard InChI is InChI=1S/C9H8N4O2/c1-4-10-6-3-2-5-7(13(6)12-4)9(15)11-8(5)14/h2-3,9,15H,1H3,(H,11,14). The molecular formula is C9H8N4O2. The largest absolute Gasteiger partial charge is 0.368 e. The summed E-state index contributed by atoms with van der Waals surface area (Å²) in [6.07, 6.45) is -1.00. The van der Waals surface area contributed by atoms with Crippen LogP contribution in [0.25, 0.3) is 5.65 Å². The van der Waals surface area contributed by atoms with Crippen molar-refractivity contribution in [1.29, 1.82) is 0 Å². The second kappa shape index (κ2) is 2.54. The number of aliphatic hydroxyl groups is 1. The lowest BCUT2D eigenvalue weighted by Crippen LogP contribution is -2.18. The van der Waals surface area contributed by atoms with Gasteiger partial charge in [0.15, 0.2) is 11.9 Å². The summed E-state index contributed by atoms with van der Waals surface area (Å²) >= 11 is 0. The third-order valence-corrected chi connectivity index (χ3v) is 2.41. The van der Waals surface area contributed by atoms with Crippen LogP contribution in [0.1, 0.15) is 28.1 Å². The number of rotatable bonds is 0. The Morgan fingerprint density at radius 2 is 2.33 bits per heavy atom. The molecule has 15 heavy (non-hydrogen) atoms. The highest BCUT2D eigenvalue weighted by Crippen LogP contribution is 2.23. The molecule has 0 saturated carbocycles. The molecular weight excluding hydrogens is 196 g/mol. The highest BCUT2D eigenvalue weighted by Gasteiger charge is 2.30. The molecule has 6 nitrogen and oxygen atoms in total. The van der Waals surface area contributed by atoms with Crippen LogP contribution in [0.4, 0.5) is 0 Å². The van der Waals surface area contributed by atoms with Gasteiger partial charge >= 0.3 is 0 Å². The fourth-order valence-electron chi connectivity index (χ4n) is 1.80. The number of amides is 1. The Morgan fingerprint density at radius 1 is 1.53 bits per heavy atom. The van der Waals surface area contributed by atoms with Gasteiger partial charge in [0.1, 0.15) is 11.5 Å². The number of aryl methyl sites for hydroxylation is 1. The van der Waals surface area contributed by atoms with Crippen LogP contribution in [0, 0.1) is 6.92 Å². The van der Waals surface area contributed by atoms with Crippen molar-refractivity contribution in [2.75, 3.05) is 0 Å². The lowest BCUT2D eigenvalue weighted by atomic mass is 10.2. The Balaban J connectivity index is 2.43. The van der Waals surface area contributed by atoms with E-state index in [9.17, 15) is 9.90 Å². The summed E-state index contributed by atoms with van der Waals surface area (Å²) in [6, 6.07) is 3.35. The molecule has 0 fully saturated rings. The molecule has 3 rings (SSSR count). The van der Waals surface area contributed by atoms with Gasteiger partial charge in [-0.3, -0.25) is 4.79 Å². The Hall–Kier alpha value is -1.95. The number of pyridine rings is 1. The topological polar surface area (TPSA) is 79.5 Å². The molecule has 0 aromatic carbocycles. The average molecular weight is 204 g/mol. The van der Waals surface area contributed by atoms with Crippen LogP contribution in [0.5, 0.6) is 0 Å². The maximum Gasteiger partial charge on any atom is 0.255 e. The molecule has 0 saturated heterocycles. The summed E-state index contributed by atoms with van der Waals surface area (Å²) in [5.41, 5.74) is 1.53. The molecule has 0 aliphatic carbocycles. The highest BCUT2D eigenvalue weighted by molar-refractivity contribution is 5.98. The first kappa shape index (κ1) is 8.37. The number of fused-ring (bicyclic) bond motifs is 3. The van der Waals surface area contributed by atoms with Gasteiger partial charge in [0, 0.05) is 0 Å². The van der Waals surface area contributed by atoms with Gasteiger partial charge in [-0.2, -0.15) is 5.10 Å². The molecule has 0 bridgehead atoms. The van der Waals surface area contributed by atoms with E-state index < -0.39 is 6.23 Å². The van der Waals surface area contributed by atoms with E-state index in [1.807, 2.05) is 0 Å². The van der Waals surface area contributed by atoms with E-state index in [4.69, 9.17) is 0 Å². The number of nitrogens with zero attached hydrogens (tertiary/aromatic N) is 3. The first-order valence-corrected chi connectivity index (χ1v) is 4.52. The van der Waals surface area contributed by atoms with E-state index in [0.29, 0.717) is 22.7 Å². The molecule has 76 valence electrons. The van der Waals surface area contributed by atoms with Crippen molar-refractivity contribution in [3.05, 3.63) is 29.2 Å². The van der Waals surface area contributed by atoms with Gasteiger partial charge < -0.3 is 10.4 Å². The minimum Gasteiger partial charge on any atom is -0.368 e. The summed E-state index contributed by atoms with van der Waals surface area (Å²) in [4.78, 5) is 15.5. The van der Waals surface area contributed by atoms with Crippen LogP contribution in [-0.4, -0.2) is 25.6 Å². The summed E-state index contributed by atoms with van der Waals surface area (Å²) in [5, 5.41) is 16.2. The van der Waals surface area contributed by atoms with Gasteiger partial charge in [-0.05, 0) is 19.1 Å². The zero-order chi connectivity index (χ0) is 10.6. The van der Waals surface area contributed by atoms with Crippen LogP contribution in [-0.2, 0) is 0 Å². The molecule has 0 spiro atoms. The lowest BCUT2D eigenvalue weighted by Gasteiger charge is -2.03. The van der Waals surface area contributed by atoms with Crippen LogP contribution >= 0.6 is 0 Å². The van der Waals surface area contributed by atoms with E-state index in [1.165, 1.54) is 4.52 Å². The van der Waals surface area contributed by atoms with Crippen LogP contribution in [0.2, 0.25) is 0 Å². The third kappa shape index (κ3) is 0.991. The van der Waals surface area contributed by atoms with E-state index >= 15 is 0 Å². The van der Waals surface area contributed by atoms with E-state index in [0.717, 1.165) is 0 Å². The molecule has 1 amide bonds. The molecule has 0 radical (unpaired) electrons. The van der Waals surface area contributed by atoms with E-state index in [2.05, 4.69) is 15.4 Å². The maximum atomic E-state index is 11.4. The predicted molar refractivity (Wildman–Crippen MR) is 50.2 cm³/mol. The monoisotopic (exact) mass is 204 g/mol. The molecule has 1 atom stereocenters. The SMILES string of the molecule is Cc1nc2ccc3c(n2n1)C(O)NC3=O. The number of carbonyl (C=O) groups is 1. The zero-order valence-electron chi connectivity index (χ0n) is 7.93. The Labute approximate surface area is 84.6 Å². The normalized spacial score (nSPS) is 19.3. The Bertz CT molecular complexity index is 575. The molecule has 6 heteroatoms. The summed E-state index contributed by atoms with van der Waals surface area (Å²) in [6.45, 7) is 1.76. The first-order valence-electron chi connectivity index (χ1n) is 4.52. The molecule has 1 aliphatic rings. The number of hydrogen-bond donors (Lipinski definition) is 2. The number of carbonyl (C=O) groups excluding carboxylic acids is 1. The van der Waals surface area contributed by atoms with Crippen molar-refractivity contribution in [1.82, 2.24) is 19.9 Å². The number of hydrogen-bond acceptors (Lipinski definition) is 4. The van der Waals surface area contributed by atoms with Gasteiger partial charge in [0.2, 0.25) is 0 Å². The van der Waals surface area contributed by atoms with Crippen LogP contribution in [0.15, 0.2) is 12.1 Å². The van der Waals surface area contributed by atoms with Gasteiger partial charge in [-0.1, -0.05) is 0 Å². The van der Waals surface area contributed by atoms with Crippen LogP contribution < -0.4 is 5.32 Å². The Kier molecular flexibility index (Phi) is 1.42. The average Bonchev–Trinajstić information content (AvgIpc) is 2.66. The predicted octanol–water partition coefficient (Wildman–Crippen LogP) is -0.228. The maximum absolute atomic E-state index is 11.4. The van der Waals surface area contributed by atoms with Gasteiger partial charge in [-0.15, -0.1) is 0 Å². The van der Waals surface area contributed by atoms with Crippen molar-refractivity contribution in [2.24, 2.45) is 0 Å². The summed E-state index contributed by atoms with van der Waals surface area (Å²) in [7, 11) is 0. The van der Waals surface area contributed by atoms with Crippen molar-refractivity contribution in [3.63, 3.8) is 0 Å². The minimum atomic E-state index is -1.00. The molecule has 1 unspecified atom stereocenters. The molecule has 2 aromatic rings. The second-order valence-corrected chi connectivity index (χ2v) is 3.44.